The van der Waals surface area contributed by atoms with Crippen molar-refractivity contribution in [1.29, 1.82) is 0 Å². The first-order valence-corrected chi connectivity index (χ1v) is 7.00. The van der Waals surface area contributed by atoms with Crippen molar-refractivity contribution in [2.45, 2.75) is 37.8 Å². The number of nitrogens with zero attached hydrogens (tertiary/aromatic N) is 1. The lowest BCUT2D eigenvalue weighted by Crippen LogP contribution is -2.42. The number of halogens is 1. The maximum Gasteiger partial charge on any atom is 0.270 e. The standard InChI is InChI=1S/C13H18ClN3O/c14-9-6-12(16-7-9)13(18)17(11-3-4-11)8-10-2-1-5-15-10/h6-7,10-11,15-16H,1-5,8H2. The van der Waals surface area contributed by atoms with Crippen LogP contribution in [0.25, 0.3) is 0 Å². The van der Waals surface area contributed by atoms with Crippen LogP contribution in [0.1, 0.15) is 36.2 Å². The lowest BCUT2D eigenvalue weighted by Gasteiger charge is -2.25. The number of aromatic nitrogens is 1. The molecule has 98 valence electrons. The van der Waals surface area contributed by atoms with Crippen LogP contribution in [0.3, 0.4) is 0 Å². The molecule has 0 radical (unpaired) electrons. The van der Waals surface area contributed by atoms with E-state index in [-0.39, 0.29) is 5.91 Å². The summed E-state index contributed by atoms with van der Waals surface area (Å²) < 4.78 is 0. The lowest BCUT2D eigenvalue weighted by molar-refractivity contribution is 0.0723. The molecule has 1 aliphatic heterocycles. The highest BCUT2D eigenvalue weighted by atomic mass is 35.5. The first kappa shape index (κ1) is 12.1. The highest BCUT2D eigenvalue weighted by Crippen LogP contribution is 2.29. The quantitative estimate of drug-likeness (QED) is 0.877. The van der Waals surface area contributed by atoms with Crippen LogP contribution in [-0.2, 0) is 0 Å². The predicted molar refractivity (Wildman–Crippen MR) is 70.9 cm³/mol. The van der Waals surface area contributed by atoms with Gasteiger partial charge in [-0.25, -0.2) is 0 Å². The van der Waals surface area contributed by atoms with E-state index in [2.05, 4.69) is 10.3 Å². The van der Waals surface area contributed by atoms with Crippen LogP contribution in [-0.4, -0.2) is 41.0 Å². The van der Waals surface area contributed by atoms with Gasteiger partial charge >= 0.3 is 0 Å². The number of amides is 1. The molecule has 1 unspecified atom stereocenters. The fourth-order valence-electron chi connectivity index (χ4n) is 2.58. The van der Waals surface area contributed by atoms with Gasteiger partial charge in [-0.15, -0.1) is 0 Å². The van der Waals surface area contributed by atoms with Crippen LogP contribution in [0.2, 0.25) is 5.02 Å². The van der Waals surface area contributed by atoms with Gasteiger partial charge in [0.25, 0.3) is 5.91 Å². The van der Waals surface area contributed by atoms with E-state index >= 15 is 0 Å². The highest BCUT2D eigenvalue weighted by Gasteiger charge is 2.35. The Kier molecular flexibility index (Phi) is 3.31. The van der Waals surface area contributed by atoms with E-state index < -0.39 is 0 Å². The van der Waals surface area contributed by atoms with Crippen LogP contribution >= 0.6 is 11.6 Å². The van der Waals surface area contributed by atoms with Crippen molar-refractivity contribution in [1.82, 2.24) is 15.2 Å². The molecule has 0 bridgehead atoms. The van der Waals surface area contributed by atoms with Gasteiger partial charge in [0.15, 0.2) is 0 Å². The van der Waals surface area contributed by atoms with Gasteiger partial charge in [-0.05, 0) is 38.3 Å². The van der Waals surface area contributed by atoms with Gasteiger partial charge in [-0.3, -0.25) is 4.79 Å². The molecule has 5 heteroatoms. The smallest absolute Gasteiger partial charge is 0.270 e. The predicted octanol–water partition coefficient (Wildman–Crippen LogP) is 2.02. The van der Waals surface area contributed by atoms with E-state index in [0.29, 0.717) is 22.8 Å². The van der Waals surface area contributed by atoms with Crippen molar-refractivity contribution in [3.8, 4) is 0 Å². The molecule has 2 fully saturated rings. The summed E-state index contributed by atoms with van der Waals surface area (Å²) in [5.41, 5.74) is 0.602. The normalized spacial score (nSPS) is 23.3. The summed E-state index contributed by atoms with van der Waals surface area (Å²) in [4.78, 5) is 17.4. The van der Waals surface area contributed by atoms with E-state index in [1.165, 1.54) is 12.8 Å². The molecule has 2 N–H and O–H groups in total. The largest absolute Gasteiger partial charge is 0.356 e. The molecule has 1 aliphatic carbocycles. The third kappa shape index (κ3) is 2.54. The number of hydrogen-bond donors (Lipinski definition) is 2. The van der Waals surface area contributed by atoms with E-state index in [1.807, 2.05) is 4.90 Å². The van der Waals surface area contributed by atoms with Gasteiger partial charge in [-0.1, -0.05) is 11.6 Å². The number of carbonyl (C=O) groups excluding carboxylic acids is 1. The third-order valence-electron chi connectivity index (χ3n) is 3.71. The molecule has 1 aromatic heterocycles. The Bertz CT molecular complexity index is 435. The van der Waals surface area contributed by atoms with Crippen molar-refractivity contribution >= 4 is 17.5 Å². The number of rotatable bonds is 4. The van der Waals surface area contributed by atoms with Gasteiger partial charge in [0, 0.05) is 24.8 Å². The molecule has 1 saturated heterocycles. The molecule has 0 aromatic carbocycles. The van der Waals surface area contributed by atoms with Gasteiger partial charge in [-0.2, -0.15) is 0 Å². The minimum Gasteiger partial charge on any atom is -0.356 e. The molecule has 4 nitrogen and oxygen atoms in total. The molecule has 1 saturated carbocycles. The van der Waals surface area contributed by atoms with Crippen molar-refractivity contribution in [2.24, 2.45) is 0 Å². The molecule has 1 atom stereocenters. The zero-order valence-corrected chi connectivity index (χ0v) is 11.0. The maximum atomic E-state index is 12.4. The van der Waals surface area contributed by atoms with Crippen LogP contribution < -0.4 is 5.32 Å². The Morgan fingerprint density at radius 1 is 1.44 bits per heavy atom. The molecule has 1 amide bonds. The van der Waals surface area contributed by atoms with Crippen LogP contribution in [0.15, 0.2) is 12.3 Å². The number of carbonyl (C=O) groups is 1. The second kappa shape index (κ2) is 4.94. The minimum absolute atomic E-state index is 0.0816. The molecule has 2 heterocycles. The molecule has 1 aromatic rings. The topological polar surface area (TPSA) is 48.1 Å². The summed E-state index contributed by atoms with van der Waals surface area (Å²) in [6.45, 7) is 1.89. The summed E-state index contributed by atoms with van der Waals surface area (Å²) in [5, 5.41) is 4.04. The lowest BCUT2D eigenvalue weighted by atomic mass is 10.2. The summed E-state index contributed by atoms with van der Waals surface area (Å²) >= 11 is 5.86. The van der Waals surface area contributed by atoms with Crippen LogP contribution in [0.5, 0.6) is 0 Å². The summed E-state index contributed by atoms with van der Waals surface area (Å²) in [7, 11) is 0. The zero-order chi connectivity index (χ0) is 12.5. The number of nitrogens with one attached hydrogen (secondary N) is 2. The van der Waals surface area contributed by atoms with Crippen LogP contribution in [0, 0.1) is 0 Å². The minimum atomic E-state index is 0.0816. The first-order chi connectivity index (χ1) is 8.74. The summed E-state index contributed by atoms with van der Waals surface area (Å²) in [6.07, 6.45) is 6.31. The number of hydrogen-bond acceptors (Lipinski definition) is 2. The van der Waals surface area contributed by atoms with Crippen molar-refractivity contribution in [3.63, 3.8) is 0 Å². The SMILES string of the molecule is O=C(c1cc(Cl)c[nH]1)N(CC1CCCN1)C1CC1. The monoisotopic (exact) mass is 267 g/mol. The summed E-state index contributed by atoms with van der Waals surface area (Å²) in [6, 6.07) is 2.60. The second-order valence-corrected chi connectivity index (χ2v) is 5.65. The number of aromatic amines is 1. The maximum absolute atomic E-state index is 12.4. The molecule has 0 spiro atoms. The van der Waals surface area contributed by atoms with E-state index in [1.54, 1.807) is 12.3 Å². The Morgan fingerprint density at radius 2 is 2.28 bits per heavy atom. The molecular weight excluding hydrogens is 250 g/mol. The van der Waals surface area contributed by atoms with Crippen LogP contribution in [0.4, 0.5) is 0 Å². The number of H-pyrrole nitrogens is 1. The van der Waals surface area contributed by atoms with Crippen molar-refractivity contribution in [3.05, 3.63) is 23.0 Å². The second-order valence-electron chi connectivity index (χ2n) is 5.21. The molecule has 18 heavy (non-hydrogen) atoms. The molecule has 3 rings (SSSR count). The van der Waals surface area contributed by atoms with Gasteiger partial charge in [0.1, 0.15) is 5.69 Å². The first-order valence-electron chi connectivity index (χ1n) is 6.62. The van der Waals surface area contributed by atoms with E-state index in [4.69, 9.17) is 11.6 Å². The third-order valence-corrected chi connectivity index (χ3v) is 3.92. The van der Waals surface area contributed by atoms with Crippen molar-refractivity contribution < 1.29 is 4.79 Å². The Morgan fingerprint density at radius 3 is 2.83 bits per heavy atom. The fourth-order valence-corrected chi connectivity index (χ4v) is 2.74. The van der Waals surface area contributed by atoms with E-state index in [0.717, 1.165) is 25.9 Å². The average molecular weight is 268 g/mol. The van der Waals surface area contributed by atoms with Gasteiger partial charge in [0.2, 0.25) is 0 Å². The van der Waals surface area contributed by atoms with Gasteiger partial charge in [0.05, 0.1) is 5.02 Å². The highest BCUT2D eigenvalue weighted by molar-refractivity contribution is 6.30. The Balaban J connectivity index is 1.70. The summed E-state index contributed by atoms with van der Waals surface area (Å²) in [5.74, 6) is 0.0816. The Labute approximate surface area is 112 Å². The average Bonchev–Trinajstić information content (AvgIpc) is 2.88. The van der Waals surface area contributed by atoms with Crippen molar-refractivity contribution in [2.75, 3.05) is 13.1 Å². The zero-order valence-electron chi connectivity index (χ0n) is 10.3. The fraction of sp³-hybridized carbons (Fsp3) is 0.615. The van der Waals surface area contributed by atoms with Gasteiger partial charge < -0.3 is 15.2 Å². The Hall–Kier alpha value is -1.00. The van der Waals surface area contributed by atoms with E-state index in [9.17, 15) is 4.79 Å². The molecular formula is C13H18ClN3O. The molecule has 2 aliphatic rings.